The molecule has 1 aliphatic heterocycles. The SMILES string of the molecule is Cc1ccc(S(=O)(=O)N2CCCCC2CC(=O)NCc2ccco2)cc1. The molecule has 1 fully saturated rings. The van der Waals surface area contributed by atoms with E-state index in [0.717, 1.165) is 18.4 Å². The number of carbonyl (C=O) groups excluding carboxylic acids is 1. The molecule has 1 aromatic heterocycles. The van der Waals surface area contributed by atoms with E-state index in [0.29, 0.717) is 25.3 Å². The van der Waals surface area contributed by atoms with Gasteiger partial charge in [-0.2, -0.15) is 4.31 Å². The zero-order chi connectivity index (χ0) is 18.6. The largest absolute Gasteiger partial charge is 0.467 e. The summed E-state index contributed by atoms with van der Waals surface area (Å²) < 4.78 is 32.7. The molecule has 6 nitrogen and oxygen atoms in total. The number of hydrogen-bond donors (Lipinski definition) is 1. The number of furan rings is 1. The van der Waals surface area contributed by atoms with Crippen molar-refractivity contribution in [2.45, 2.75) is 50.1 Å². The van der Waals surface area contributed by atoms with Crippen molar-refractivity contribution in [1.29, 1.82) is 0 Å². The quantitative estimate of drug-likeness (QED) is 0.841. The Bertz CT molecular complexity index is 829. The van der Waals surface area contributed by atoms with E-state index in [2.05, 4.69) is 5.32 Å². The van der Waals surface area contributed by atoms with Crippen molar-refractivity contribution in [3.8, 4) is 0 Å². The lowest BCUT2D eigenvalue weighted by molar-refractivity contribution is -0.122. The molecule has 7 heteroatoms. The van der Waals surface area contributed by atoms with Crippen LogP contribution in [-0.4, -0.2) is 31.2 Å². The van der Waals surface area contributed by atoms with Crippen LogP contribution in [-0.2, 0) is 21.4 Å². The highest BCUT2D eigenvalue weighted by molar-refractivity contribution is 7.89. The normalized spacial score (nSPS) is 18.6. The van der Waals surface area contributed by atoms with Crippen molar-refractivity contribution in [2.24, 2.45) is 0 Å². The van der Waals surface area contributed by atoms with Crippen molar-refractivity contribution in [3.05, 3.63) is 54.0 Å². The fourth-order valence-corrected chi connectivity index (χ4v) is 4.92. The molecule has 1 atom stereocenters. The number of rotatable bonds is 6. The molecule has 26 heavy (non-hydrogen) atoms. The minimum Gasteiger partial charge on any atom is -0.467 e. The maximum absolute atomic E-state index is 13.0. The molecule has 1 aliphatic rings. The summed E-state index contributed by atoms with van der Waals surface area (Å²) >= 11 is 0. The molecule has 0 bridgehead atoms. The van der Waals surface area contributed by atoms with E-state index in [9.17, 15) is 13.2 Å². The number of nitrogens with zero attached hydrogens (tertiary/aromatic N) is 1. The predicted molar refractivity (Wildman–Crippen MR) is 97.9 cm³/mol. The molecule has 1 aromatic carbocycles. The van der Waals surface area contributed by atoms with Crippen molar-refractivity contribution in [1.82, 2.24) is 9.62 Å². The molecule has 0 saturated carbocycles. The second-order valence-electron chi connectivity index (χ2n) is 6.64. The van der Waals surface area contributed by atoms with Gasteiger partial charge in [-0.25, -0.2) is 8.42 Å². The maximum Gasteiger partial charge on any atom is 0.243 e. The Kier molecular flexibility index (Phi) is 5.78. The highest BCUT2D eigenvalue weighted by Gasteiger charge is 2.34. The number of nitrogens with one attached hydrogen (secondary N) is 1. The zero-order valence-electron chi connectivity index (χ0n) is 14.8. The first-order chi connectivity index (χ1) is 12.5. The first kappa shape index (κ1) is 18.7. The van der Waals surface area contributed by atoms with Gasteiger partial charge in [0, 0.05) is 19.0 Å². The van der Waals surface area contributed by atoms with Crippen molar-refractivity contribution in [3.63, 3.8) is 0 Å². The van der Waals surface area contributed by atoms with Crippen molar-refractivity contribution < 1.29 is 17.6 Å². The highest BCUT2D eigenvalue weighted by Crippen LogP contribution is 2.27. The Morgan fingerprint density at radius 1 is 1.23 bits per heavy atom. The molecule has 2 aromatic rings. The van der Waals surface area contributed by atoms with Gasteiger partial charge in [0.25, 0.3) is 0 Å². The number of carbonyl (C=O) groups is 1. The van der Waals surface area contributed by atoms with Crippen LogP contribution in [0.2, 0.25) is 0 Å². The second-order valence-corrected chi connectivity index (χ2v) is 8.53. The summed E-state index contributed by atoms with van der Waals surface area (Å²) in [4.78, 5) is 12.6. The van der Waals surface area contributed by atoms with Gasteiger partial charge in [-0.3, -0.25) is 4.79 Å². The first-order valence-electron chi connectivity index (χ1n) is 8.84. The van der Waals surface area contributed by atoms with Crippen LogP contribution in [0.1, 0.15) is 37.0 Å². The predicted octanol–water partition coefficient (Wildman–Crippen LogP) is 2.84. The molecule has 1 saturated heterocycles. The summed E-state index contributed by atoms with van der Waals surface area (Å²) in [7, 11) is -3.60. The van der Waals surface area contributed by atoms with Crippen LogP contribution in [0.15, 0.2) is 52.0 Å². The van der Waals surface area contributed by atoms with E-state index in [1.54, 1.807) is 42.7 Å². The number of sulfonamides is 1. The molecule has 0 aliphatic carbocycles. The summed E-state index contributed by atoms with van der Waals surface area (Å²) in [5.74, 6) is 0.503. The van der Waals surface area contributed by atoms with Gasteiger partial charge in [0.05, 0.1) is 17.7 Å². The molecule has 140 valence electrons. The Balaban J connectivity index is 1.68. The van der Waals surface area contributed by atoms with Gasteiger partial charge in [0.1, 0.15) is 5.76 Å². The molecule has 1 amide bonds. The van der Waals surface area contributed by atoms with Crippen LogP contribution in [0.5, 0.6) is 0 Å². The van der Waals surface area contributed by atoms with Gasteiger partial charge in [0.2, 0.25) is 15.9 Å². The van der Waals surface area contributed by atoms with E-state index >= 15 is 0 Å². The Morgan fingerprint density at radius 3 is 2.69 bits per heavy atom. The lowest BCUT2D eigenvalue weighted by Crippen LogP contribution is -2.45. The molecule has 2 heterocycles. The lowest BCUT2D eigenvalue weighted by atomic mass is 10.0. The highest BCUT2D eigenvalue weighted by atomic mass is 32.2. The minimum atomic E-state index is -3.60. The molecule has 3 rings (SSSR count). The average Bonchev–Trinajstić information content (AvgIpc) is 3.14. The molecule has 1 unspecified atom stereocenters. The monoisotopic (exact) mass is 376 g/mol. The van der Waals surface area contributed by atoms with Crippen LogP contribution in [0, 0.1) is 6.92 Å². The Hall–Kier alpha value is -2.12. The Morgan fingerprint density at radius 2 is 2.00 bits per heavy atom. The van der Waals surface area contributed by atoms with Crippen LogP contribution in [0.4, 0.5) is 0 Å². The maximum atomic E-state index is 13.0. The summed E-state index contributed by atoms with van der Waals surface area (Å²) in [6.45, 7) is 2.68. The lowest BCUT2D eigenvalue weighted by Gasteiger charge is -2.34. The van der Waals surface area contributed by atoms with Gasteiger partial charge >= 0.3 is 0 Å². The second kappa shape index (κ2) is 8.05. The minimum absolute atomic E-state index is 0.159. The van der Waals surface area contributed by atoms with Crippen LogP contribution < -0.4 is 5.32 Å². The number of hydrogen-bond acceptors (Lipinski definition) is 4. The number of benzene rings is 1. The molecule has 1 N–H and O–H groups in total. The number of piperidine rings is 1. The van der Waals surface area contributed by atoms with Gasteiger partial charge in [-0.15, -0.1) is 0 Å². The summed E-state index contributed by atoms with van der Waals surface area (Å²) in [6.07, 6.45) is 4.15. The topological polar surface area (TPSA) is 79.6 Å². The zero-order valence-corrected chi connectivity index (χ0v) is 15.7. The van der Waals surface area contributed by atoms with Gasteiger partial charge < -0.3 is 9.73 Å². The van der Waals surface area contributed by atoms with Crippen LogP contribution >= 0.6 is 0 Å². The van der Waals surface area contributed by atoms with E-state index in [4.69, 9.17) is 4.42 Å². The van der Waals surface area contributed by atoms with E-state index in [-0.39, 0.29) is 23.3 Å². The van der Waals surface area contributed by atoms with Gasteiger partial charge in [-0.1, -0.05) is 24.1 Å². The third-order valence-electron chi connectivity index (χ3n) is 4.66. The smallest absolute Gasteiger partial charge is 0.243 e. The van der Waals surface area contributed by atoms with Crippen LogP contribution in [0.3, 0.4) is 0 Å². The molecular weight excluding hydrogens is 352 g/mol. The molecule has 0 radical (unpaired) electrons. The number of aryl methyl sites for hydroxylation is 1. The third-order valence-corrected chi connectivity index (χ3v) is 6.63. The van der Waals surface area contributed by atoms with Crippen LogP contribution in [0.25, 0.3) is 0 Å². The van der Waals surface area contributed by atoms with Gasteiger partial charge in [-0.05, 0) is 44.0 Å². The fourth-order valence-electron chi connectivity index (χ4n) is 3.23. The number of amides is 1. The van der Waals surface area contributed by atoms with Gasteiger partial charge in [0.15, 0.2) is 0 Å². The third kappa shape index (κ3) is 4.34. The Labute approximate surface area is 154 Å². The van der Waals surface area contributed by atoms with E-state index < -0.39 is 10.0 Å². The summed E-state index contributed by atoms with van der Waals surface area (Å²) in [5, 5.41) is 2.80. The summed E-state index contributed by atoms with van der Waals surface area (Å²) in [5.41, 5.74) is 1.01. The van der Waals surface area contributed by atoms with E-state index in [1.807, 2.05) is 6.92 Å². The standard InChI is InChI=1S/C19H24N2O4S/c1-15-7-9-18(10-8-15)26(23,24)21-11-3-2-5-16(21)13-19(22)20-14-17-6-4-12-25-17/h4,6-10,12,16H,2-3,5,11,13-14H2,1H3,(H,20,22). The van der Waals surface area contributed by atoms with Crippen molar-refractivity contribution in [2.75, 3.05) is 6.54 Å². The summed E-state index contributed by atoms with van der Waals surface area (Å²) in [6, 6.07) is 10.1. The van der Waals surface area contributed by atoms with E-state index in [1.165, 1.54) is 4.31 Å². The van der Waals surface area contributed by atoms with Crippen molar-refractivity contribution >= 4 is 15.9 Å². The average molecular weight is 376 g/mol. The fraction of sp³-hybridized carbons (Fsp3) is 0.421. The first-order valence-corrected chi connectivity index (χ1v) is 10.3. The molecular formula is C19H24N2O4S. The molecule has 0 spiro atoms.